The van der Waals surface area contributed by atoms with Crippen molar-refractivity contribution in [3.8, 4) is 5.88 Å². The maximum atomic E-state index is 13.5. The van der Waals surface area contributed by atoms with Crippen LogP contribution in [0.5, 0.6) is 5.88 Å². The van der Waals surface area contributed by atoms with Crippen molar-refractivity contribution in [1.82, 2.24) is 10.3 Å². The zero-order chi connectivity index (χ0) is 26.5. The van der Waals surface area contributed by atoms with Gasteiger partial charge in [0.25, 0.3) is 5.91 Å². The van der Waals surface area contributed by atoms with E-state index in [0.29, 0.717) is 31.1 Å². The molecular formula is C27H42FN3O5. The Hall–Kier alpha value is -2.26. The summed E-state index contributed by atoms with van der Waals surface area (Å²) in [5.41, 5.74) is -0.292. The monoisotopic (exact) mass is 507 g/mol. The van der Waals surface area contributed by atoms with Crippen LogP contribution in [0.25, 0.3) is 0 Å². The van der Waals surface area contributed by atoms with E-state index in [-0.39, 0.29) is 67.8 Å². The summed E-state index contributed by atoms with van der Waals surface area (Å²) in [6.07, 6.45) is 1.76. The normalized spacial score (nSPS) is 20.7. The van der Waals surface area contributed by atoms with Crippen LogP contribution >= 0.6 is 0 Å². The molecule has 36 heavy (non-hydrogen) atoms. The van der Waals surface area contributed by atoms with Gasteiger partial charge >= 0.3 is 0 Å². The molecule has 0 radical (unpaired) electrons. The molecule has 2 aliphatic rings. The summed E-state index contributed by atoms with van der Waals surface area (Å²) in [5, 5.41) is 22.0. The zero-order valence-corrected chi connectivity index (χ0v) is 22.0. The summed E-state index contributed by atoms with van der Waals surface area (Å²) in [5.74, 6) is 0.365. The first-order valence-electron chi connectivity index (χ1n) is 13.3. The van der Waals surface area contributed by atoms with Crippen LogP contribution in [0.2, 0.25) is 0 Å². The summed E-state index contributed by atoms with van der Waals surface area (Å²) >= 11 is 0. The Kier molecular flexibility index (Phi) is 9.69. The smallest absolute Gasteiger partial charge is 0.270 e. The first kappa shape index (κ1) is 28.3. The Labute approximate surface area is 213 Å². The third kappa shape index (κ3) is 6.73. The maximum absolute atomic E-state index is 13.5. The molecule has 2 heterocycles. The molecule has 8 nitrogen and oxygen atoms in total. The number of alkyl halides is 1. The fourth-order valence-electron chi connectivity index (χ4n) is 4.97. The summed E-state index contributed by atoms with van der Waals surface area (Å²) in [4.78, 5) is 32.9. The average molecular weight is 508 g/mol. The maximum Gasteiger partial charge on any atom is 0.270 e. The highest BCUT2D eigenvalue weighted by molar-refractivity contribution is 5.99. The molecule has 1 saturated carbocycles. The Morgan fingerprint density at radius 3 is 2.44 bits per heavy atom. The van der Waals surface area contributed by atoms with Gasteiger partial charge in [-0.15, -0.1) is 0 Å². The molecule has 202 valence electrons. The van der Waals surface area contributed by atoms with Gasteiger partial charge in [0.15, 0.2) is 5.78 Å². The number of anilines is 1. The number of rotatable bonds is 15. The van der Waals surface area contributed by atoms with E-state index < -0.39 is 17.6 Å². The van der Waals surface area contributed by atoms with Crippen molar-refractivity contribution in [2.75, 3.05) is 37.8 Å². The number of nitrogens with one attached hydrogen (secondary N) is 1. The molecule has 0 aromatic carbocycles. The third-order valence-electron chi connectivity index (χ3n) is 7.62. The first-order chi connectivity index (χ1) is 17.2. The fourth-order valence-corrected chi connectivity index (χ4v) is 4.97. The van der Waals surface area contributed by atoms with Gasteiger partial charge in [0, 0.05) is 19.6 Å². The number of aliphatic hydroxyl groups excluding tert-OH is 2. The molecule has 1 amide bonds. The van der Waals surface area contributed by atoms with E-state index in [1.165, 1.54) is 0 Å². The van der Waals surface area contributed by atoms with Crippen LogP contribution in [0.3, 0.4) is 0 Å². The standard InChI is InChI=1S/C27H42FN3O5/c1-5-27(6-2,24(34)10-18(14-32)9-17(3)4)30-25(35)22-7-8-23(31-12-21(28)13-31)26(29-22)36-16-20-11-19(20)15-33/h7-8,17-21,32-33H,5-6,9-16H2,1-4H3,(H,30,35)/t18-,19+,20+/m1/s1. The Balaban J connectivity index is 1.76. The lowest BCUT2D eigenvalue weighted by atomic mass is 9.81. The van der Waals surface area contributed by atoms with E-state index in [2.05, 4.69) is 24.1 Å². The largest absolute Gasteiger partial charge is 0.476 e. The van der Waals surface area contributed by atoms with Gasteiger partial charge < -0.3 is 25.2 Å². The van der Waals surface area contributed by atoms with Crippen molar-refractivity contribution >= 4 is 17.4 Å². The number of hydrogen-bond acceptors (Lipinski definition) is 7. The minimum Gasteiger partial charge on any atom is -0.476 e. The molecule has 0 spiro atoms. The van der Waals surface area contributed by atoms with Gasteiger partial charge in [0.05, 0.1) is 25.2 Å². The van der Waals surface area contributed by atoms with Crippen molar-refractivity contribution < 1.29 is 28.9 Å². The van der Waals surface area contributed by atoms with Gasteiger partial charge in [-0.3, -0.25) is 9.59 Å². The van der Waals surface area contributed by atoms with Crippen LogP contribution < -0.4 is 15.0 Å². The van der Waals surface area contributed by atoms with E-state index in [1.807, 2.05) is 18.7 Å². The van der Waals surface area contributed by atoms with E-state index in [4.69, 9.17) is 4.74 Å². The average Bonchev–Trinajstić information content (AvgIpc) is 3.61. The van der Waals surface area contributed by atoms with Crippen LogP contribution in [-0.2, 0) is 4.79 Å². The summed E-state index contributed by atoms with van der Waals surface area (Å²) in [6, 6.07) is 3.29. The molecule has 1 aromatic heterocycles. The van der Waals surface area contributed by atoms with Gasteiger partial charge in [-0.1, -0.05) is 27.7 Å². The minimum absolute atomic E-state index is 0.0700. The summed E-state index contributed by atoms with van der Waals surface area (Å²) < 4.78 is 19.4. The highest BCUT2D eigenvalue weighted by Crippen LogP contribution is 2.39. The molecule has 1 aromatic rings. The molecule has 3 N–H and O–H groups in total. The van der Waals surface area contributed by atoms with Gasteiger partial charge in [-0.05, 0) is 61.5 Å². The number of ketones is 1. The van der Waals surface area contributed by atoms with E-state index in [1.54, 1.807) is 12.1 Å². The molecule has 0 unspecified atom stereocenters. The second kappa shape index (κ2) is 12.3. The van der Waals surface area contributed by atoms with E-state index in [9.17, 15) is 24.2 Å². The van der Waals surface area contributed by atoms with Crippen molar-refractivity contribution in [3.05, 3.63) is 17.8 Å². The lowest BCUT2D eigenvalue weighted by Gasteiger charge is -2.37. The van der Waals surface area contributed by atoms with E-state index >= 15 is 0 Å². The van der Waals surface area contributed by atoms with Gasteiger partial charge in [0.2, 0.25) is 5.88 Å². The SMILES string of the molecule is CCC(CC)(NC(=O)c1ccc(N2CC(F)C2)c(OC[C@@H]2C[C@H]2CO)n1)C(=O)C[C@H](CO)CC(C)C. The Bertz CT molecular complexity index is 901. The second-order valence-electron chi connectivity index (χ2n) is 10.8. The minimum atomic E-state index is -1.05. The van der Waals surface area contributed by atoms with Crippen molar-refractivity contribution in [2.24, 2.45) is 23.7 Å². The molecule has 3 rings (SSSR count). The number of amides is 1. The number of nitrogens with zero attached hydrogens (tertiary/aromatic N) is 2. The highest BCUT2D eigenvalue weighted by Gasteiger charge is 2.39. The van der Waals surface area contributed by atoms with Crippen molar-refractivity contribution in [1.29, 1.82) is 0 Å². The first-order valence-corrected chi connectivity index (χ1v) is 13.3. The summed E-state index contributed by atoms with van der Waals surface area (Å²) in [6.45, 7) is 8.76. The van der Waals surface area contributed by atoms with Crippen LogP contribution in [-0.4, -0.2) is 71.5 Å². The fraction of sp³-hybridized carbons (Fsp3) is 0.741. The van der Waals surface area contributed by atoms with Crippen molar-refractivity contribution in [3.63, 3.8) is 0 Å². The van der Waals surface area contributed by atoms with Crippen LogP contribution in [0.4, 0.5) is 10.1 Å². The van der Waals surface area contributed by atoms with Crippen LogP contribution in [0.1, 0.15) is 70.3 Å². The van der Waals surface area contributed by atoms with Gasteiger partial charge in [-0.25, -0.2) is 9.37 Å². The molecule has 1 aliphatic carbocycles. The number of hydrogen-bond donors (Lipinski definition) is 3. The van der Waals surface area contributed by atoms with Crippen LogP contribution in [0.15, 0.2) is 12.1 Å². The lowest BCUT2D eigenvalue weighted by Crippen LogP contribution is -2.54. The number of aliphatic hydroxyl groups is 2. The number of ether oxygens (including phenoxy) is 1. The predicted molar refractivity (Wildman–Crippen MR) is 136 cm³/mol. The Morgan fingerprint density at radius 1 is 1.22 bits per heavy atom. The number of Topliss-reactive ketones (excluding diaryl/α,β-unsaturated/α-hetero) is 1. The van der Waals surface area contributed by atoms with Gasteiger partial charge in [0.1, 0.15) is 17.6 Å². The highest BCUT2D eigenvalue weighted by atomic mass is 19.1. The van der Waals surface area contributed by atoms with Crippen LogP contribution in [0, 0.1) is 23.7 Å². The molecule has 2 fully saturated rings. The molecule has 3 atom stereocenters. The van der Waals surface area contributed by atoms with E-state index in [0.717, 1.165) is 12.8 Å². The lowest BCUT2D eigenvalue weighted by molar-refractivity contribution is -0.127. The molecule has 0 bridgehead atoms. The predicted octanol–water partition coefficient (Wildman–Crippen LogP) is 3.15. The molecular weight excluding hydrogens is 465 g/mol. The second-order valence-corrected chi connectivity index (χ2v) is 10.8. The number of carbonyl (C=O) groups is 2. The number of pyridine rings is 1. The number of carbonyl (C=O) groups excluding carboxylic acids is 2. The van der Waals surface area contributed by atoms with Gasteiger partial charge in [-0.2, -0.15) is 0 Å². The third-order valence-corrected chi connectivity index (χ3v) is 7.62. The quantitative estimate of drug-likeness (QED) is 0.334. The number of aromatic nitrogens is 1. The Morgan fingerprint density at radius 2 is 1.92 bits per heavy atom. The molecule has 1 aliphatic heterocycles. The molecule has 1 saturated heterocycles. The number of halogens is 1. The summed E-state index contributed by atoms with van der Waals surface area (Å²) in [7, 11) is 0. The van der Waals surface area contributed by atoms with Crippen molar-refractivity contribution in [2.45, 2.75) is 71.5 Å². The zero-order valence-electron chi connectivity index (χ0n) is 22.0. The molecule has 9 heteroatoms. The topological polar surface area (TPSA) is 112 Å².